The lowest BCUT2D eigenvalue weighted by molar-refractivity contribution is 0.0993. The third-order valence-electron chi connectivity index (χ3n) is 3.46. The summed E-state index contributed by atoms with van der Waals surface area (Å²) in [5, 5.41) is 0. The molecule has 3 rings (SSSR count). The molecule has 0 spiro atoms. The molecule has 0 saturated heterocycles. The Kier molecular flexibility index (Phi) is 2.95. The lowest BCUT2D eigenvalue weighted by Crippen LogP contribution is -2.20. The fourth-order valence-corrected chi connectivity index (χ4v) is 2.55. The van der Waals surface area contributed by atoms with E-state index in [1.165, 1.54) is 11.1 Å². The molecule has 0 heterocycles. The number of hydrogen-bond donors (Lipinski definition) is 1. The van der Waals surface area contributed by atoms with Crippen LogP contribution < -0.4 is 10.5 Å². The van der Waals surface area contributed by atoms with Crippen LogP contribution in [0.25, 0.3) is 0 Å². The van der Waals surface area contributed by atoms with E-state index in [9.17, 15) is 4.79 Å². The molecular weight excluding hydrogens is 238 g/mol. The molecule has 2 N–H and O–H groups in total. The standard InChI is InChI=1S/C16H15NO2/c17-16(18)14-7-3-4-8-15(14)19-13-9-11-5-1-2-6-12(11)10-13/h1-8,13H,9-10H2,(H2,17,18). The minimum Gasteiger partial charge on any atom is -0.489 e. The zero-order chi connectivity index (χ0) is 13.2. The number of amides is 1. The lowest BCUT2D eigenvalue weighted by Gasteiger charge is -2.15. The van der Waals surface area contributed by atoms with Crippen LogP contribution in [-0.2, 0) is 12.8 Å². The zero-order valence-corrected chi connectivity index (χ0v) is 10.5. The fraction of sp³-hybridized carbons (Fsp3) is 0.188. The lowest BCUT2D eigenvalue weighted by atomic mass is 10.1. The van der Waals surface area contributed by atoms with Gasteiger partial charge in [-0.2, -0.15) is 0 Å². The van der Waals surface area contributed by atoms with Gasteiger partial charge >= 0.3 is 0 Å². The Morgan fingerprint density at radius 2 is 1.58 bits per heavy atom. The molecule has 0 fully saturated rings. The molecule has 3 nitrogen and oxygen atoms in total. The molecule has 0 radical (unpaired) electrons. The first-order valence-electron chi connectivity index (χ1n) is 6.36. The number of ether oxygens (including phenoxy) is 1. The summed E-state index contributed by atoms with van der Waals surface area (Å²) in [6.07, 6.45) is 1.84. The van der Waals surface area contributed by atoms with Gasteiger partial charge in [0, 0.05) is 12.8 Å². The Balaban J connectivity index is 1.80. The summed E-state index contributed by atoms with van der Waals surface area (Å²) in [5.41, 5.74) is 8.44. The summed E-state index contributed by atoms with van der Waals surface area (Å²) in [5.74, 6) is 0.124. The van der Waals surface area contributed by atoms with Gasteiger partial charge in [-0.05, 0) is 23.3 Å². The van der Waals surface area contributed by atoms with E-state index in [1.54, 1.807) is 18.2 Å². The predicted octanol–water partition coefficient (Wildman–Crippen LogP) is 2.33. The highest BCUT2D eigenvalue weighted by Gasteiger charge is 2.23. The summed E-state index contributed by atoms with van der Waals surface area (Å²) in [4.78, 5) is 11.4. The van der Waals surface area contributed by atoms with E-state index >= 15 is 0 Å². The monoisotopic (exact) mass is 253 g/mol. The van der Waals surface area contributed by atoms with Gasteiger partial charge in [0.1, 0.15) is 11.9 Å². The van der Waals surface area contributed by atoms with E-state index in [-0.39, 0.29) is 6.10 Å². The van der Waals surface area contributed by atoms with Gasteiger partial charge in [-0.15, -0.1) is 0 Å². The van der Waals surface area contributed by atoms with Crippen molar-refractivity contribution in [3.8, 4) is 5.75 Å². The maximum absolute atomic E-state index is 11.4. The first-order chi connectivity index (χ1) is 9.24. The average Bonchev–Trinajstić information content (AvgIpc) is 2.81. The molecular formula is C16H15NO2. The highest BCUT2D eigenvalue weighted by atomic mass is 16.5. The van der Waals surface area contributed by atoms with Crippen LogP contribution in [0.5, 0.6) is 5.75 Å². The van der Waals surface area contributed by atoms with E-state index in [4.69, 9.17) is 10.5 Å². The predicted molar refractivity (Wildman–Crippen MR) is 73.2 cm³/mol. The Morgan fingerprint density at radius 3 is 2.21 bits per heavy atom. The number of rotatable bonds is 3. The molecule has 0 atom stereocenters. The van der Waals surface area contributed by atoms with Crippen LogP contribution >= 0.6 is 0 Å². The Hall–Kier alpha value is -2.29. The quantitative estimate of drug-likeness (QED) is 0.912. The minimum atomic E-state index is -0.453. The summed E-state index contributed by atoms with van der Waals surface area (Å²) < 4.78 is 5.95. The third kappa shape index (κ3) is 2.32. The molecule has 0 saturated carbocycles. The smallest absolute Gasteiger partial charge is 0.252 e. The van der Waals surface area contributed by atoms with Gasteiger partial charge in [0.05, 0.1) is 5.56 Å². The van der Waals surface area contributed by atoms with Crippen molar-refractivity contribution < 1.29 is 9.53 Å². The summed E-state index contributed by atoms with van der Waals surface area (Å²) in [6.45, 7) is 0. The number of benzene rings is 2. The van der Waals surface area contributed by atoms with Crippen molar-refractivity contribution in [2.45, 2.75) is 18.9 Å². The zero-order valence-electron chi connectivity index (χ0n) is 10.5. The van der Waals surface area contributed by atoms with E-state index in [2.05, 4.69) is 12.1 Å². The first kappa shape index (κ1) is 11.8. The molecule has 0 aliphatic heterocycles. The first-order valence-corrected chi connectivity index (χ1v) is 6.36. The van der Waals surface area contributed by atoms with E-state index in [1.807, 2.05) is 18.2 Å². The molecule has 19 heavy (non-hydrogen) atoms. The Bertz CT molecular complexity index is 597. The summed E-state index contributed by atoms with van der Waals surface area (Å²) >= 11 is 0. The number of hydrogen-bond acceptors (Lipinski definition) is 2. The van der Waals surface area contributed by atoms with Gasteiger partial charge in [-0.25, -0.2) is 0 Å². The van der Waals surface area contributed by atoms with Gasteiger partial charge in [0.15, 0.2) is 0 Å². The molecule has 0 bridgehead atoms. The molecule has 1 aliphatic rings. The van der Waals surface area contributed by atoms with Crippen LogP contribution in [-0.4, -0.2) is 12.0 Å². The largest absolute Gasteiger partial charge is 0.489 e. The molecule has 1 amide bonds. The highest BCUT2D eigenvalue weighted by Crippen LogP contribution is 2.27. The number of nitrogens with two attached hydrogens (primary N) is 1. The van der Waals surface area contributed by atoms with Crippen molar-refractivity contribution >= 4 is 5.91 Å². The van der Waals surface area contributed by atoms with E-state index in [0.717, 1.165) is 12.8 Å². The van der Waals surface area contributed by atoms with Crippen LogP contribution in [0.15, 0.2) is 48.5 Å². The van der Waals surface area contributed by atoms with E-state index in [0.29, 0.717) is 11.3 Å². The molecule has 0 aromatic heterocycles. The van der Waals surface area contributed by atoms with Crippen molar-refractivity contribution in [2.24, 2.45) is 5.73 Å². The van der Waals surface area contributed by atoms with Gasteiger partial charge in [0.25, 0.3) is 5.91 Å². The molecule has 3 heteroatoms. The molecule has 96 valence electrons. The molecule has 1 aliphatic carbocycles. The normalized spacial score (nSPS) is 14.1. The van der Waals surface area contributed by atoms with Gasteiger partial charge in [-0.1, -0.05) is 36.4 Å². The second-order valence-corrected chi connectivity index (χ2v) is 4.78. The maximum atomic E-state index is 11.4. The van der Waals surface area contributed by atoms with Crippen molar-refractivity contribution in [3.05, 3.63) is 65.2 Å². The Labute approximate surface area is 112 Å². The van der Waals surface area contributed by atoms with Crippen LogP contribution in [0.1, 0.15) is 21.5 Å². The van der Waals surface area contributed by atoms with Crippen LogP contribution in [0.2, 0.25) is 0 Å². The van der Waals surface area contributed by atoms with Crippen molar-refractivity contribution in [2.75, 3.05) is 0 Å². The SMILES string of the molecule is NC(=O)c1ccccc1OC1Cc2ccccc2C1. The topological polar surface area (TPSA) is 52.3 Å². The fourth-order valence-electron chi connectivity index (χ4n) is 2.55. The van der Waals surface area contributed by atoms with Crippen molar-refractivity contribution in [3.63, 3.8) is 0 Å². The second-order valence-electron chi connectivity index (χ2n) is 4.78. The Morgan fingerprint density at radius 1 is 1.00 bits per heavy atom. The highest BCUT2D eigenvalue weighted by molar-refractivity contribution is 5.95. The number of para-hydroxylation sites is 1. The molecule has 0 unspecified atom stereocenters. The number of primary amides is 1. The third-order valence-corrected chi connectivity index (χ3v) is 3.46. The van der Waals surface area contributed by atoms with Crippen LogP contribution in [0.4, 0.5) is 0 Å². The van der Waals surface area contributed by atoms with Crippen LogP contribution in [0.3, 0.4) is 0 Å². The van der Waals surface area contributed by atoms with Gasteiger partial charge in [0.2, 0.25) is 0 Å². The van der Waals surface area contributed by atoms with E-state index < -0.39 is 5.91 Å². The summed E-state index contributed by atoms with van der Waals surface area (Å²) in [6, 6.07) is 15.5. The molecule has 2 aromatic carbocycles. The second kappa shape index (κ2) is 4.76. The van der Waals surface area contributed by atoms with Gasteiger partial charge in [-0.3, -0.25) is 4.79 Å². The maximum Gasteiger partial charge on any atom is 0.252 e. The van der Waals surface area contributed by atoms with Crippen molar-refractivity contribution in [1.82, 2.24) is 0 Å². The number of carbonyl (C=O) groups is 1. The van der Waals surface area contributed by atoms with Crippen molar-refractivity contribution in [1.29, 1.82) is 0 Å². The minimum absolute atomic E-state index is 0.0814. The summed E-state index contributed by atoms with van der Waals surface area (Å²) in [7, 11) is 0. The van der Waals surface area contributed by atoms with Gasteiger partial charge < -0.3 is 10.5 Å². The molecule has 2 aromatic rings. The number of fused-ring (bicyclic) bond motifs is 1. The number of carbonyl (C=O) groups excluding carboxylic acids is 1. The van der Waals surface area contributed by atoms with Crippen LogP contribution in [0, 0.1) is 0 Å². The average molecular weight is 253 g/mol.